The number of nitrogens with one attached hydrogen (secondary N) is 1. The van der Waals surface area contributed by atoms with Crippen LogP contribution in [0.4, 0.5) is 5.82 Å². The second kappa shape index (κ2) is 6.92. The lowest BCUT2D eigenvalue weighted by Crippen LogP contribution is -2.19. The molecule has 1 saturated heterocycles. The number of carbonyl (C=O) groups is 1. The number of carboxylic acid groups (broad SMARTS) is 1. The highest BCUT2D eigenvalue weighted by atomic mass is 32.2. The molecule has 2 N–H and O–H groups in total. The first-order valence-electron chi connectivity index (χ1n) is 7.10. The van der Waals surface area contributed by atoms with E-state index in [0.29, 0.717) is 30.1 Å². The van der Waals surface area contributed by atoms with Crippen LogP contribution in [-0.2, 0) is 12.8 Å². The van der Waals surface area contributed by atoms with Crippen LogP contribution in [0.25, 0.3) is 0 Å². The molecule has 0 saturated carbocycles. The Balaban J connectivity index is 2.24. The van der Waals surface area contributed by atoms with Crippen LogP contribution in [-0.4, -0.2) is 39.3 Å². The lowest BCUT2D eigenvalue weighted by Gasteiger charge is -2.15. The van der Waals surface area contributed by atoms with Crippen LogP contribution in [0.1, 0.15) is 41.9 Å². The van der Waals surface area contributed by atoms with Crippen LogP contribution >= 0.6 is 11.8 Å². The number of nitrogens with zero attached hydrogens (tertiary/aromatic N) is 2. The summed E-state index contributed by atoms with van der Waals surface area (Å²) in [5, 5.41) is 20.9. The first-order chi connectivity index (χ1) is 9.67. The van der Waals surface area contributed by atoms with Gasteiger partial charge in [-0.05, 0) is 42.2 Å². The smallest absolute Gasteiger partial charge is 0.339 e. The van der Waals surface area contributed by atoms with E-state index in [4.69, 9.17) is 0 Å². The van der Waals surface area contributed by atoms with E-state index in [1.165, 1.54) is 12.2 Å². The van der Waals surface area contributed by atoms with E-state index in [2.05, 4.69) is 15.5 Å². The molecule has 0 aliphatic carbocycles. The number of hydrogen-bond acceptors (Lipinski definition) is 5. The summed E-state index contributed by atoms with van der Waals surface area (Å²) < 4.78 is 0. The Labute approximate surface area is 123 Å². The highest BCUT2D eigenvalue weighted by molar-refractivity contribution is 7.99. The largest absolute Gasteiger partial charge is 0.478 e. The van der Waals surface area contributed by atoms with Crippen molar-refractivity contribution in [2.45, 2.75) is 33.1 Å². The molecule has 5 nitrogen and oxygen atoms in total. The molecule has 1 unspecified atom stereocenters. The van der Waals surface area contributed by atoms with E-state index in [0.717, 1.165) is 23.6 Å². The predicted molar refractivity (Wildman–Crippen MR) is 81.7 cm³/mol. The maximum atomic E-state index is 11.6. The summed E-state index contributed by atoms with van der Waals surface area (Å²) in [5.41, 5.74) is 1.88. The van der Waals surface area contributed by atoms with Crippen molar-refractivity contribution >= 4 is 23.5 Å². The number of aromatic carboxylic acids is 1. The minimum absolute atomic E-state index is 0.296. The first-order valence-corrected chi connectivity index (χ1v) is 8.26. The van der Waals surface area contributed by atoms with E-state index in [9.17, 15) is 9.90 Å². The number of carboxylic acids is 1. The van der Waals surface area contributed by atoms with Gasteiger partial charge >= 0.3 is 5.97 Å². The molecule has 0 amide bonds. The van der Waals surface area contributed by atoms with Gasteiger partial charge in [-0.2, -0.15) is 16.9 Å². The van der Waals surface area contributed by atoms with E-state index < -0.39 is 5.97 Å². The highest BCUT2D eigenvalue weighted by Gasteiger charge is 2.22. The average Bonchev–Trinajstić information content (AvgIpc) is 2.96. The normalized spacial score (nSPS) is 18.2. The van der Waals surface area contributed by atoms with Gasteiger partial charge in [0, 0.05) is 6.54 Å². The zero-order chi connectivity index (χ0) is 14.5. The molecule has 1 fully saturated rings. The molecule has 1 atom stereocenters. The second-order valence-electron chi connectivity index (χ2n) is 4.97. The maximum absolute atomic E-state index is 11.6. The first kappa shape index (κ1) is 15.1. The minimum atomic E-state index is -0.922. The van der Waals surface area contributed by atoms with Crippen molar-refractivity contribution in [3.8, 4) is 0 Å². The van der Waals surface area contributed by atoms with Crippen LogP contribution in [0.5, 0.6) is 0 Å². The summed E-state index contributed by atoms with van der Waals surface area (Å²) in [7, 11) is 0. The minimum Gasteiger partial charge on any atom is -0.478 e. The molecular weight excluding hydrogens is 274 g/mol. The van der Waals surface area contributed by atoms with Crippen molar-refractivity contribution in [1.29, 1.82) is 0 Å². The second-order valence-corrected chi connectivity index (χ2v) is 6.12. The number of hydrogen-bond donors (Lipinski definition) is 2. The van der Waals surface area contributed by atoms with Gasteiger partial charge in [-0.3, -0.25) is 0 Å². The third-order valence-electron chi connectivity index (χ3n) is 3.64. The quantitative estimate of drug-likeness (QED) is 0.839. The Kier molecular flexibility index (Phi) is 5.23. The van der Waals surface area contributed by atoms with Gasteiger partial charge in [-0.1, -0.05) is 13.8 Å². The zero-order valence-corrected chi connectivity index (χ0v) is 12.8. The fourth-order valence-corrected chi connectivity index (χ4v) is 3.80. The SMILES string of the molecule is CCc1nnc(NCC2CCSC2)c(C(=O)O)c1CC. The highest BCUT2D eigenvalue weighted by Crippen LogP contribution is 2.25. The zero-order valence-electron chi connectivity index (χ0n) is 12.0. The van der Waals surface area contributed by atoms with Crippen LogP contribution in [0.3, 0.4) is 0 Å². The van der Waals surface area contributed by atoms with E-state index in [-0.39, 0.29) is 0 Å². The van der Waals surface area contributed by atoms with Crippen molar-refractivity contribution in [3.63, 3.8) is 0 Å². The monoisotopic (exact) mass is 295 g/mol. The van der Waals surface area contributed by atoms with E-state index in [1.54, 1.807) is 0 Å². The molecule has 2 rings (SSSR count). The number of aromatic nitrogens is 2. The fourth-order valence-electron chi connectivity index (χ4n) is 2.51. The molecule has 0 spiro atoms. The third kappa shape index (κ3) is 3.23. The molecule has 1 aliphatic heterocycles. The number of rotatable bonds is 6. The van der Waals surface area contributed by atoms with Crippen molar-refractivity contribution in [1.82, 2.24) is 10.2 Å². The van der Waals surface area contributed by atoms with Crippen molar-refractivity contribution in [2.24, 2.45) is 5.92 Å². The Morgan fingerprint density at radius 3 is 2.75 bits per heavy atom. The molecule has 6 heteroatoms. The molecule has 0 aromatic carbocycles. The van der Waals surface area contributed by atoms with Crippen molar-refractivity contribution < 1.29 is 9.90 Å². The lowest BCUT2D eigenvalue weighted by molar-refractivity contribution is 0.0696. The molecule has 0 bridgehead atoms. The summed E-state index contributed by atoms with van der Waals surface area (Å²) in [4.78, 5) is 11.6. The van der Waals surface area contributed by atoms with Gasteiger partial charge in [0.25, 0.3) is 0 Å². The molecule has 0 radical (unpaired) electrons. The summed E-state index contributed by atoms with van der Waals surface area (Å²) in [6.45, 7) is 4.70. The van der Waals surface area contributed by atoms with Gasteiger partial charge in [0.1, 0.15) is 5.56 Å². The summed E-state index contributed by atoms with van der Waals surface area (Å²) >= 11 is 1.95. The van der Waals surface area contributed by atoms with Crippen LogP contribution in [0, 0.1) is 5.92 Å². The molecule has 1 aromatic rings. The summed E-state index contributed by atoms with van der Waals surface area (Å²) in [6.07, 6.45) is 2.55. The van der Waals surface area contributed by atoms with Crippen LogP contribution in [0.2, 0.25) is 0 Å². The van der Waals surface area contributed by atoms with Crippen LogP contribution < -0.4 is 5.32 Å². The van der Waals surface area contributed by atoms with Crippen LogP contribution in [0.15, 0.2) is 0 Å². The average molecular weight is 295 g/mol. The molecular formula is C14H21N3O2S. The molecule has 2 heterocycles. The predicted octanol–water partition coefficient (Wildman–Crippen LogP) is 2.46. The van der Waals surface area contributed by atoms with Gasteiger partial charge in [0.2, 0.25) is 0 Å². The van der Waals surface area contributed by atoms with Gasteiger partial charge in [0.05, 0.1) is 5.69 Å². The van der Waals surface area contributed by atoms with E-state index in [1.807, 2.05) is 25.6 Å². The van der Waals surface area contributed by atoms with Gasteiger partial charge < -0.3 is 10.4 Å². The lowest BCUT2D eigenvalue weighted by atomic mass is 10.0. The Hall–Kier alpha value is -1.30. The maximum Gasteiger partial charge on any atom is 0.339 e. The standard InChI is InChI=1S/C14H21N3O2S/c1-3-10-11(4-2)16-17-13(12(10)14(18)19)15-7-9-5-6-20-8-9/h9H,3-8H2,1-2H3,(H,15,17)(H,18,19). The van der Waals surface area contributed by atoms with Gasteiger partial charge in [-0.25, -0.2) is 4.79 Å². The van der Waals surface area contributed by atoms with Crippen molar-refractivity contribution in [3.05, 3.63) is 16.8 Å². The van der Waals surface area contributed by atoms with Gasteiger partial charge in [0.15, 0.2) is 5.82 Å². The molecule has 20 heavy (non-hydrogen) atoms. The Morgan fingerprint density at radius 2 is 2.20 bits per heavy atom. The van der Waals surface area contributed by atoms with E-state index >= 15 is 0 Å². The fraction of sp³-hybridized carbons (Fsp3) is 0.643. The summed E-state index contributed by atoms with van der Waals surface area (Å²) in [6, 6.07) is 0. The number of aryl methyl sites for hydroxylation is 1. The Bertz CT molecular complexity index is 488. The molecule has 1 aliphatic rings. The van der Waals surface area contributed by atoms with Crippen molar-refractivity contribution in [2.75, 3.05) is 23.4 Å². The number of anilines is 1. The molecule has 1 aromatic heterocycles. The third-order valence-corrected chi connectivity index (χ3v) is 4.87. The Morgan fingerprint density at radius 1 is 1.40 bits per heavy atom. The number of thioether (sulfide) groups is 1. The molecule has 110 valence electrons. The van der Waals surface area contributed by atoms with Gasteiger partial charge in [-0.15, -0.1) is 5.10 Å². The topological polar surface area (TPSA) is 75.1 Å². The summed E-state index contributed by atoms with van der Waals surface area (Å²) in [5.74, 6) is 2.42.